The van der Waals surface area contributed by atoms with Gasteiger partial charge in [-0.3, -0.25) is 38.4 Å². The number of hydrogen-bond donors (Lipinski definition) is 12. The first kappa shape index (κ1) is 65.5. The van der Waals surface area contributed by atoms with Crippen molar-refractivity contribution in [2.75, 3.05) is 124 Å². The molecule has 24 nitrogen and oxygen atoms in total. The number of aliphatic hydroxyl groups excluding tert-OH is 1. The van der Waals surface area contributed by atoms with Gasteiger partial charge in [0.2, 0.25) is 47.3 Å². The van der Waals surface area contributed by atoms with Gasteiger partial charge in [0.05, 0.1) is 79.8 Å². The zero-order valence-corrected chi connectivity index (χ0v) is 48.2. The van der Waals surface area contributed by atoms with Gasteiger partial charge in [-0.05, 0) is 61.2 Å². The Hall–Kier alpha value is -6.03. The fourth-order valence-corrected chi connectivity index (χ4v) is 13.0. The van der Waals surface area contributed by atoms with Gasteiger partial charge in [-0.2, -0.15) is 0 Å². The summed E-state index contributed by atoms with van der Waals surface area (Å²) in [5.74, 6) is -2.42. The minimum atomic E-state index is -1.16. The van der Waals surface area contributed by atoms with Gasteiger partial charge >= 0.3 is 17.9 Å². The highest BCUT2D eigenvalue weighted by Gasteiger charge is 2.19. The number of carbonyl (C=O) groups is 11. The summed E-state index contributed by atoms with van der Waals surface area (Å²) in [6.07, 6.45) is 0. The molecule has 4 bridgehead atoms. The van der Waals surface area contributed by atoms with Crippen molar-refractivity contribution in [3.8, 4) is 0 Å². The lowest BCUT2D eigenvalue weighted by molar-refractivity contribution is -0.119. The number of carboxylic acids is 3. The van der Waals surface area contributed by atoms with Gasteiger partial charge < -0.3 is 67.9 Å². The Morgan fingerprint density at radius 3 is 1.16 bits per heavy atom. The van der Waals surface area contributed by atoms with E-state index in [0.717, 1.165) is 5.08 Å². The van der Waals surface area contributed by atoms with Crippen LogP contribution in [-0.4, -0.2) is 183 Å². The number of nitrogens with zero attached hydrogens (tertiary/aromatic N) is 1. The lowest BCUT2D eigenvalue weighted by Crippen LogP contribution is -2.39. The summed E-state index contributed by atoms with van der Waals surface area (Å²) in [4.78, 5) is 128. The fourth-order valence-electron chi connectivity index (χ4n) is 6.29. The number of hydrogen-bond acceptors (Lipinski definition) is 21. The number of carboxylic acid groups (broad SMARTS) is 3. The number of nitrogens with one attached hydrogen (secondary N) is 8. The lowest BCUT2D eigenvalue weighted by Gasteiger charge is -2.23. The lowest BCUT2D eigenvalue weighted by atomic mass is 10.1. The van der Waals surface area contributed by atoms with Gasteiger partial charge in [0.15, 0.2) is 5.88 Å². The van der Waals surface area contributed by atoms with Gasteiger partial charge in [-0.1, -0.05) is 0 Å². The predicted molar refractivity (Wildman–Crippen MR) is 320 cm³/mol. The number of aromatic carboxylic acids is 3. The molecule has 3 aromatic rings. The van der Waals surface area contributed by atoms with E-state index in [2.05, 4.69) is 49.1 Å². The van der Waals surface area contributed by atoms with E-state index in [1.807, 2.05) is 0 Å². The maximum Gasteiger partial charge on any atom is 0.337 e. The molecular weight excluding hydrogens is 1190 g/mol. The van der Waals surface area contributed by atoms with E-state index in [-0.39, 0.29) is 104 Å². The number of amides is 8. The highest BCUT2D eigenvalue weighted by atomic mass is 32.2. The molecule has 8 amide bonds. The number of rotatable bonds is 4. The molecule has 3 aromatic carbocycles. The van der Waals surface area contributed by atoms with E-state index >= 15 is 0 Å². The average Bonchev–Trinajstić information content (AvgIpc) is 3.42. The Bertz CT molecular complexity index is 2680. The first-order valence-corrected chi connectivity index (χ1v) is 32.2. The van der Waals surface area contributed by atoms with Gasteiger partial charge in [-0.15, -0.1) is 94.1 Å². The van der Waals surface area contributed by atoms with Crippen LogP contribution in [0.2, 0.25) is 0 Å². The number of carbonyl (C=O) groups excluding carboxylic acids is 8. The van der Waals surface area contributed by atoms with Gasteiger partial charge in [0.25, 0.3) is 0 Å². The summed E-state index contributed by atoms with van der Waals surface area (Å²) in [6, 6.07) is 12.8. The molecule has 0 aliphatic carbocycles. The molecule has 0 saturated carbocycles. The van der Waals surface area contributed by atoms with Crippen LogP contribution in [-0.2, 0) is 38.4 Å². The maximum absolute atomic E-state index is 11.7. The summed E-state index contributed by atoms with van der Waals surface area (Å²) < 4.78 is 0. The Morgan fingerprint density at radius 2 is 0.759 bits per heavy atom. The monoisotopic (exact) mass is 1240 g/mol. The zero-order valence-electron chi connectivity index (χ0n) is 41.7. The molecule has 426 valence electrons. The van der Waals surface area contributed by atoms with Crippen LogP contribution in [0.5, 0.6) is 0 Å². The third-order valence-corrected chi connectivity index (χ3v) is 18.7. The summed E-state index contributed by atoms with van der Waals surface area (Å²) in [5.41, 5.74) is 2.07. The van der Waals surface area contributed by atoms with Crippen molar-refractivity contribution >= 4 is 193 Å². The van der Waals surface area contributed by atoms with E-state index in [1.165, 1.54) is 137 Å². The minimum Gasteiger partial charge on any atom is -0.495 e. The Morgan fingerprint density at radius 1 is 0.392 bits per heavy atom. The SMILES string of the molecule is C=C(O)N1CCNC(=O)CSCSCC(=O)NCC1.O=C1CSCSCC(=O)Nc2cc(C(=O)O)ccc2N1.O=C1CSCSCC(=O)Nc2cc(cc(C(=O)O)c2)N1.O=C1CSCSCC(=O)Nc2ccc(cc2C(=O)O)N1. The Balaban J connectivity index is 0.000000227. The van der Waals surface area contributed by atoms with Crippen molar-refractivity contribution in [1.29, 1.82) is 0 Å². The van der Waals surface area contributed by atoms with Gasteiger partial charge in [0, 0.05) is 63.6 Å². The molecular formula is C47H55N9O15S8. The molecule has 8 rings (SSSR count). The first-order valence-electron chi connectivity index (χ1n) is 23.0. The summed E-state index contributed by atoms with van der Waals surface area (Å²) in [6.45, 7) is 5.29. The molecule has 32 heteroatoms. The second-order valence-electron chi connectivity index (χ2n) is 15.9. The zero-order chi connectivity index (χ0) is 57.7. The van der Waals surface area contributed by atoms with Crippen LogP contribution < -0.4 is 42.5 Å². The van der Waals surface area contributed by atoms with E-state index in [9.17, 15) is 57.8 Å². The number of benzene rings is 3. The second kappa shape index (κ2) is 35.6. The number of aliphatic hydroxyl groups is 1. The van der Waals surface area contributed by atoms with E-state index in [0.29, 0.717) is 87.1 Å². The van der Waals surface area contributed by atoms with Crippen molar-refractivity contribution in [1.82, 2.24) is 15.5 Å². The molecule has 0 atom stereocenters. The topological polar surface area (TPSA) is 368 Å². The normalized spacial score (nSPS) is 17.3. The minimum absolute atomic E-state index is 0.00969. The fraction of sp³-hybridized carbons (Fsp3) is 0.340. The molecule has 0 unspecified atom stereocenters. The highest BCUT2D eigenvalue weighted by Crippen LogP contribution is 2.27. The average molecular weight is 1240 g/mol. The van der Waals surface area contributed by atoms with Crippen molar-refractivity contribution in [2.45, 2.75) is 0 Å². The van der Waals surface area contributed by atoms with E-state index in [4.69, 9.17) is 15.3 Å². The molecule has 5 aliphatic heterocycles. The highest BCUT2D eigenvalue weighted by molar-refractivity contribution is 8.17. The van der Waals surface area contributed by atoms with Crippen molar-refractivity contribution in [2.24, 2.45) is 0 Å². The third kappa shape index (κ3) is 26.2. The van der Waals surface area contributed by atoms with Crippen LogP contribution in [0.25, 0.3) is 0 Å². The van der Waals surface area contributed by atoms with Crippen LogP contribution in [0, 0.1) is 0 Å². The standard InChI is InChI=1S/3C12H12N2O4S2.C11H19N3O3S2/c15-10-4-19-6-20-5-11(16)14-9-2-7(12(17)18)1-8(3-9)13-10;15-10-4-19-6-20-5-11(16)14-9-2-1-7(13-10)3-8(9)12(17)18;15-10-4-19-6-20-5-11(16)14-9-3-7(12(17)18)1-2-8(9)13-10;1-9(15)14-4-2-12-10(16)6-18-8-19-7-11(17)13-3-5-14/h3*1-3H,4-6H2,(H,13,15)(H,14,16)(H,17,18);15H,1-8H2,(H,12,16)(H,13,17). The maximum atomic E-state index is 11.7. The van der Waals surface area contributed by atoms with Crippen LogP contribution in [0.4, 0.5) is 34.1 Å². The Kier molecular flexibility index (Phi) is 29.5. The quantitative estimate of drug-likeness (QED) is 0.151. The van der Waals surface area contributed by atoms with E-state index in [1.54, 1.807) is 17.0 Å². The van der Waals surface area contributed by atoms with Crippen LogP contribution in [0.3, 0.4) is 0 Å². The van der Waals surface area contributed by atoms with Crippen molar-refractivity contribution < 1.29 is 73.2 Å². The number of thioether (sulfide) groups is 8. The van der Waals surface area contributed by atoms with Crippen molar-refractivity contribution in [3.63, 3.8) is 0 Å². The van der Waals surface area contributed by atoms with E-state index < -0.39 is 17.9 Å². The number of fused-ring (bicyclic) bond motifs is 13. The number of anilines is 6. The Labute approximate surface area is 487 Å². The summed E-state index contributed by atoms with van der Waals surface area (Å²) in [5, 5.41) is 60.5. The van der Waals surface area contributed by atoms with Gasteiger partial charge in [0.1, 0.15) is 0 Å². The molecule has 1 saturated heterocycles. The largest absolute Gasteiger partial charge is 0.495 e. The predicted octanol–water partition coefficient (Wildman–Crippen LogP) is 5.09. The van der Waals surface area contributed by atoms with Gasteiger partial charge in [-0.25, -0.2) is 14.4 Å². The molecule has 5 aliphatic rings. The molecule has 79 heavy (non-hydrogen) atoms. The molecule has 12 N–H and O–H groups in total. The summed E-state index contributed by atoms with van der Waals surface area (Å²) >= 11 is 11.4. The molecule has 5 heterocycles. The second-order valence-corrected chi connectivity index (χ2v) is 25.2. The first-order chi connectivity index (χ1) is 37.8. The van der Waals surface area contributed by atoms with Crippen molar-refractivity contribution in [3.05, 3.63) is 83.7 Å². The molecule has 0 radical (unpaired) electrons. The van der Waals surface area contributed by atoms with Crippen LogP contribution in [0.1, 0.15) is 31.1 Å². The molecule has 0 spiro atoms. The van der Waals surface area contributed by atoms with Crippen LogP contribution >= 0.6 is 94.1 Å². The summed E-state index contributed by atoms with van der Waals surface area (Å²) in [7, 11) is 0. The molecule has 0 aromatic heterocycles. The molecule has 1 fully saturated rings. The smallest absolute Gasteiger partial charge is 0.337 e. The van der Waals surface area contributed by atoms with Crippen LogP contribution in [0.15, 0.2) is 67.1 Å². The third-order valence-electron chi connectivity index (χ3n) is 9.67.